The minimum absolute atomic E-state index is 0.00205. The Morgan fingerprint density at radius 2 is 2.12 bits per heavy atom. The molecule has 3 amide bonds. The fraction of sp³-hybridized carbons (Fsp3) is 0.588. The highest BCUT2D eigenvalue weighted by atomic mass is 32.1. The zero-order valence-electron chi connectivity index (χ0n) is 14.6. The molecule has 3 atom stereocenters. The first-order valence-electron chi connectivity index (χ1n) is 8.45. The van der Waals surface area contributed by atoms with E-state index in [0.717, 1.165) is 16.2 Å². The Kier molecular flexibility index (Phi) is 5.21. The van der Waals surface area contributed by atoms with Gasteiger partial charge in [0.25, 0.3) is 5.91 Å². The standard InChI is InChI=1S/C17H23N3O4S/c1-10(2)6-7-18-12(21)9-20-14(11-5-4-8-25-11)13-15(24-20)17(23)19(3)16(13)22/h4-5,8,10,13-15H,6-7,9H2,1-3H3,(H,18,21). The van der Waals surface area contributed by atoms with Gasteiger partial charge < -0.3 is 5.32 Å². The third kappa shape index (κ3) is 3.47. The molecule has 1 aromatic heterocycles. The van der Waals surface area contributed by atoms with Crippen LogP contribution in [0.25, 0.3) is 0 Å². The van der Waals surface area contributed by atoms with Crippen LogP contribution in [0.1, 0.15) is 31.2 Å². The highest BCUT2D eigenvalue weighted by Gasteiger charge is 2.59. The summed E-state index contributed by atoms with van der Waals surface area (Å²) >= 11 is 1.49. The van der Waals surface area contributed by atoms with Crippen molar-refractivity contribution in [3.05, 3.63) is 22.4 Å². The largest absolute Gasteiger partial charge is 0.355 e. The smallest absolute Gasteiger partial charge is 0.261 e. The van der Waals surface area contributed by atoms with Crippen molar-refractivity contribution in [3.63, 3.8) is 0 Å². The van der Waals surface area contributed by atoms with Gasteiger partial charge in [-0.3, -0.25) is 24.1 Å². The molecule has 3 unspecified atom stereocenters. The molecule has 2 aliphatic rings. The minimum atomic E-state index is -0.840. The number of carbonyl (C=O) groups is 3. The Labute approximate surface area is 150 Å². The van der Waals surface area contributed by atoms with E-state index in [0.29, 0.717) is 12.5 Å². The van der Waals surface area contributed by atoms with Gasteiger partial charge in [-0.05, 0) is 23.8 Å². The zero-order valence-corrected chi connectivity index (χ0v) is 15.4. The molecule has 136 valence electrons. The summed E-state index contributed by atoms with van der Waals surface area (Å²) in [5.41, 5.74) is 0. The Morgan fingerprint density at radius 3 is 2.76 bits per heavy atom. The highest BCUT2D eigenvalue weighted by Crippen LogP contribution is 2.45. The summed E-state index contributed by atoms with van der Waals surface area (Å²) in [5, 5.41) is 6.27. The van der Waals surface area contributed by atoms with Gasteiger partial charge in [-0.25, -0.2) is 0 Å². The van der Waals surface area contributed by atoms with Gasteiger partial charge in [0.05, 0.1) is 12.0 Å². The number of carbonyl (C=O) groups excluding carboxylic acids is 3. The predicted molar refractivity (Wildman–Crippen MR) is 92.4 cm³/mol. The molecule has 0 saturated carbocycles. The molecule has 0 aromatic carbocycles. The molecule has 2 saturated heterocycles. The van der Waals surface area contributed by atoms with Crippen LogP contribution in [0.2, 0.25) is 0 Å². The number of likely N-dealkylation sites (tertiary alicyclic amines) is 1. The number of thiophene rings is 1. The summed E-state index contributed by atoms with van der Waals surface area (Å²) in [6, 6.07) is 3.38. The third-order valence-corrected chi connectivity index (χ3v) is 5.54. The van der Waals surface area contributed by atoms with Crippen molar-refractivity contribution in [2.24, 2.45) is 11.8 Å². The van der Waals surface area contributed by atoms with Gasteiger partial charge in [-0.15, -0.1) is 11.3 Å². The Hall–Kier alpha value is -1.77. The number of rotatable bonds is 6. The number of imide groups is 1. The molecule has 3 heterocycles. The average molecular weight is 365 g/mol. The number of hydroxylamine groups is 2. The first-order chi connectivity index (χ1) is 11.9. The van der Waals surface area contributed by atoms with Gasteiger partial charge in [-0.2, -0.15) is 5.06 Å². The van der Waals surface area contributed by atoms with Crippen LogP contribution < -0.4 is 5.32 Å². The lowest BCUT2D eigenvalue weighted by molar-refractivity contribution is -0.181. The first kappa shape index (κ1) is 18.0. The van der Waals surface area contributed by atoms with Crippen LogP contribution in [-0.2, 0) is 19.2 Å². The lowest BCUT2D eigenvalue weighted by atomic mass is 9.95. The van der Waals surface area contributed by atoms with Crippen LogP contribution in [0, 0.1) is 11.8 Å². The maximum Gasteiger partial charge on any atom is 0.261 e. The number of hydrogen-bond donors (Lipinski definition) is 1. The fourth-order valence-corrected chi connectivity index (χ4v) is 4.09. The molecule has 1 aromatic rings. The van der Waals surface area contributed by atoms with Gasteiger partial charge in [0.2, 0.25) is 11.8 Å². The second-order valence-electron chi connectivity index (χ2n) is 6.86. The molecule has 7 nitrogen and oxygen atoms in total. The number of nitrogens with zero attached hydrogens (tertiary/aromatic N) is 2. The number of fused-ring (bicyclic) bond motifs is 1. The lowest BCUT2D eigenvalue weighted by Crippen LogP contribution is -2.40. The number of hydrogen-bond acceptors (Lipinski definition) is 6. The maximum absolute atomic E-state index is 12.5. The fourth-order valence-electron chi connectivity index (χ4n) is 3.22. The molecule has 0 bridgehead atoms. The second kappa shape index (κ2) is 7.23. The molecular formula is C17H23N3O4S. The van der Waals surface area contributed by atoms with E-state index in [-0.39, 0.29) is 24.3 Å². The topological polar surface area (TPSA) is 79.0 Å². The molecule has 2 aliphatic heterocycles. The van der Waals surface area contributed by atoms with Crippen LogP contribution in [0.3, 0.4) is 0 Å². The van der Waals surface area contributed by atoms with Crippen molar-refractivity contribution < 1.29 is 19.2 Å². The van der Waals surface area contributed by atoms with E-state index < -0.39 is 18.1 Å². The highest BCUT2D eigenvalue weighted by molar-refractivity contribution is 7.10. The average Bonchev–Trinajstić information content (AvgIpc) is 3.23. The van der Waals surface area contributed by atoms with Crippen LogP contribution >= 0.6 is 11.3 Å². The van der Waals surface area contributed by atoms with E-state index >= 15 is 0 Å². The summed E-state index contributed by atoms with van der Waals surface area (Å²) < 4.78 is 0. The monoisotopic (exact) mass is 365 g/mol. The molecule has 0 spiro atoms. The molecule has 3 rings (SSSR count). The molecule has 0 aliphatic carbocycles. The van der Waals surface area contributed by atoms with E-state index in [1.165, 1.54) is 23.4 Å². The van der Waals surface area contributed by atoms with E-state index in [4.69, 9.17) is 4.84 Å². The lowest BCUT2D eigenvalue weighted by Gasteiger charge is -2.24. The van der Waals surface area contributed by atoms with Gasteiger partial charge in [-0.1, -0.05) is 19.9 Å². The summed E-state index contributed by atoms with van der Waals surface area (Å²) in [5.74, 6) is -0.863. The maximum atomic E-state index is 12.5. The summed E-state index contributed by atoms with van der Waals surface area (Å²) in [6.45, 7) is 4.79. The quantitative estimate of drug-likeness (QED) is 0.766. The van der Waals surface area contributed by atoms with Crippen LogP contribution in [0.15, 0.2) is 17.5 Å². The van der Waals surface area contributed by atoms with E-state index in [1.54, 1.807) is 0 Å². The Bertz CT molecular complexity index is 661. The van der Waals surface area contributed by atoms with E-state index in [9.17, 15) is 14.4 Å². The number of amides is 3. The van der Waals surface area contributed by atoms with Crippen molar-refractivity contribution >= 4 is 29.1 Å². The third-order valence-electron chi connectivity index (χ3n) is 4.59. The summed E-state index contributed by atoms with van der Waals surface area (Å²) in [7, 11) is 1.47. The zero-order chi connectivity index (χ0) is 18.1. The van der Waals surface area contributed by atoms with Crippen molar-refractivity contribution in [2.45, 2.75) is 32.4 Å². The van der Waals surface area contributed by atoms with Crippen LogP contribution in [-0.4, -0.2) is 53.9 Å². The Balaban J connectivity index is 1.74. The number of nitrogens with one attached hydrogen (secondary N) is 1. The normalized spacial score (nSPS) is 26.6. The SMILES string of the molecule is CC(C)CCNC(=O)CN1OC2C(=O)N(C)C(=O)C2C1c1cccs1. The summed E-state index contributed by atoms with van der Waals surface area (Å²) in [4.78, 5) is 44.7. The van der Waals surface area contributed by atoms with Crippen LogP contribution in [0.5, 0.6) is 0 Å². The molecule has 8 heteroatoms. The molecule has 2 fully saturated rings. The van der Waals surface area contributed by atoms with Crippen LogP contribution in [0.4, 0.5) is 0 Å². The van der Waals surface area contributed by atoms with Gasteiger partial charge >= 0.3 is 0 Å². The summed E-state index contributed by atoms with van der Waals surface area (Å²) in [6.07, 6.45) is 0.0570. The van der Waals surface area contributed by atoms with Gasteiger partial charge in [0.1, 0.15) is 6.54 Å². The van der Waals surface area contributed by atoms with Crippen molar-refractivity contribution in [2.75, 3.05) is 20.1 Å². The van der Waals surface area contributed by atoms with Crippen molar-refractivity contribution in [1.82, 2.24) is 15.3 Å². The predicted octanol–water partition coefficient (Wildman–Crippen LogP) is 1.18. The van der Waals surface area contributed by atoms with Gasteiger partial charge in [0, 0.05) is 18.5 Å². The second-order valence-corrected chi connectivity index (χ2v) is 7.83. The van der Waals surface area contributed by atoms with E-state index in [1.807, 2.05) is 17.5 Å². The van der Waals surface area contributed by atoms with Crippen molar-refractivity contribution in [3.8, 4) is 0 Å². The molecule has 25 heavy (non-hydrogen) atoms. The molecular weight excluding hydrogens is 342 g/mol. The first-order valence-corrected chi connectivity index (χ1v) is 9.33. The van der Waals surface area contributed by atoms with E-state index in [2.05, 4.69) is 19.2 Å². The Morgan fingerprint density at radius 1 is 1.36 bits per heavy atom. The molecule has 1 N–H and O–H groups in total. The van der Waals surface area contributed by atoms with Crippen molar-refractivity contribution in [1.29, 1.82) is 0 Å². The van der Waals surface area contributed by atoms with Gasteiger partial charge in [0.15, 0.2) is 6.10 Å². The number of likely N-dealkylation sites (N-methyl/N-ethyl adjacent to an activating group) is 1. The molecule has 0 radical (unpaired) electrons. The minimum Gasteiger partial charge on any atom is -0.355 e.